The molecule has 2 atom stereocenters. The van der Waals surface area contributed by atoms with E-state index in [1.807, 2.05) is 45.0 Å². The Bertz CT molecular complexity index is 556. The van der Waals surface area contributed by atoms with Crippen LogP contribution in [0.4, 0.5) is 4.79 Å². The molecule has 1 fully saturated rings. The van der Waals surface area contributed by atoms with Gasteiger partial charge in [0.25, 0.3) is 0 Å². The van der Waals surface area contributed by atoms with Crippen LogP contribution in [0.25, 0.3) is 0 Å². The van der Waals surface area contributed by atoms with Gasteiger partial charge in [-0.1, -0.05) is 28.1 Å². The fourth-order valence-corrected chi connectivity index (χ4v) is 3.28. The highest BCUT2D eigenvalue weighted by Crippen LogP contribution is 2.34. The molecule has 0 spiro atoms. The molecule has 0 saturated carbocycles. The first-order valence-electron chi connectivity index (χ1n) is 7.78. The van der Waals surface area contributed by atoms with E-state index >= 15 is 0 Å². The highest BCUT2D eigenvalue weighted by Gasteiger charge is 2.48. The SMILES string of the molecule is CC(C)(C)OC(=O)N1C[C@@H](O)C[C@]1(CN)Cc1ccc(Br)cc1. The molecule has 0 aromatic heterocycles. The van der Waals surface area contributed by atoms with Gasteiger partial charge in [-0.2, -0.15) is 0 Å². The normalized spacial score (nSPS) is 24.8. The summed E-state index contributed by atoms with van der Waals surface area (Å²) < 4.78 is 6.50. The molecule has 1 saturated heterocycles. The Hall–Kier alpha value is -1.11. The molecular weight excluding hydrogens is 360 g/mol. The Kier molecular flexibility index (Phi) is 5.38. The zero-order valence-electron chi connectivity index (χ0n) is 13.9. The van der Waals surface area contributed by atoms with Gasteiger partial charge in [0.05, 0.1) is 18.2 Å². The van der Waals surface area contributed by atoms with Gasteiger partial charge in [-0.05, 0) is 44.9 Å². The monoisotopic (exact) mass is 384 g/mol. The number of carbonyl (C=O) groups excluding carboxylic acids is 1. The predicted molar refractivity (Wildman–Crippen MR) is 93.2 cm³/mol. The van der Waals surface area contributed by atoms with Crippen LogP contribution in [0.3, 0.4) is 0 Å². The number of carbonyl (C=O) groups is 1. The van der Waals surface area contributed by atoms with Crippen molar-refractivity contribution in [1.82, 2.24) is 4.90 Å². The quantitative estimate of drug-likeness (QED) is 0.839. The van der Waals surface area contributed by atoms with E-state index in [9.17, 15) is 9.90 Å². The number of hydrogen-bond acceptors (Lipinski definition) is 4. The molecule has 5 nitrogen and oxygen atoms in total. The number of amides is 1. The fraction of sp³-hybridized carbons (Fsp3) is 0.588. The third kappa shape index (κ3) is 4.46. The van der Waals surface area contributed by atoms with Gasteiger partial charge in [-0.25, -0.2) is 4.79 Å². The molecule has 6 heteroatoms. The molecule has 0 aliphatic carbocycles. The van der Waals surface area contributed by atoms with E-state index < -0.39 is 23.3 Å². The maximum Gasteiger partial charge on any atom is 0.410 e. The highest BCUT2D eigenvalue weighted by atomic mass is 79.9. The predicted octanol–water partition coefficient (Wildman–Crippen LogP) is 2.69. The van der Waals surface area contributed by atoms with E-state index in [0.717, 1.165) is 10.0 Å². The Morgan fingerprint density at radius 3 is 2.57 bits per heavy atom. The zero-order valence-corrected chi connectivity index (χ0v) is 15.5. The van der Waals surface area contributed by atoms with Crippen LogP contribution in [-0.2, 0) is 11.2 Å². The largest absolute Gasteiger partial charge is 0.444 e. The van der Waals surface area contributed by atoms with Crippen molar-refractivity contribution in [3.05, 3.63) is 34.3 Å². The van der Waals surface area contributed by atoms with Crippen LogP contribution in [0.2, 0.25) is 0 Å². The van der Waals surface area contributed by atoms with Crippen molar-refractivity contribution >= 4 is 22.0 Å². The third-order valence-electron chi connectivity index (χ3n) is 4.02. The van der Waals surface area contributed by atoms with Gasteiger partial charge in [0, 0.05) is 17.4 Å². The second-order valence-corrected chi connectivity index (χ2v) is 8.10. The Balaban J connectivity index is 2.25. The number of rotatable bonds is 3. The average Bonchev–Trinajstić information content (AvgIpc) is 2.77. The fourth-order valence-electron chi connectivity index (χ4n) is 3.02. The number of β-amino-alcohol motifs (C(OH)–C–C–N with tert-alkyl or cyclic N) is 1. The van der Waals surface area contributed by atoms with Gasteiger partial charge in [0.15, 0.2) is 0 Å². The first kappa shape index (κ1) is 18.2. The number of benzene rings is 1. The second-order valence-electron chi connectivity index (χ2n) is 7.18. The van der Waals surface area contributed by atoms with Crippen LogP contribution in [0, 0.1) is 0 Å². The van der Waals surface area contributed by atoms with Gasteiger partial charge in [-0.3, -0.25) is 4.90 Å². The molecule has 0 unspecified atom stereocenters. The van der Waals surface area contributed by atoms with E-state index in [1.54, 1.807) is 4.90 Å². The summed E-state index contributed by atoms with van der Waals surface area (Å²) in [5.41, 5.74) is 5.91. The average molecular weight is 385 g/mol. The van der Waals surface area contributed by atoms with E-state index in [4.69, 9.17) is 10.5 Å². The summed E-state index contributed by atoms with van der Waals surface area (Å²) in [6.45, 7) is 6.02. The molecule has 1 amide bonds. The summed E-state index contributed by atoms with van der Waals surface area (Å²) in [6, 6.07) is 7.92. The lowest BCUT2D eigenvalue weighted by Crippen LogP contribution is -2.54. The molecule has 1 aromatic rings. The molecule has 0 bridgehead atoms. The maximum absolute atomic E-state index is 12.6. The molecule has 3 N–H and O–H groups in total. The van der Waals surface area contributed by atoms with E-state index in [-0.39, 0.29) is 13.1 Å². The standard InChI is InChI=1S/C17H25BrN2O3/c1-16(2,3)23-15(22)20-10-14(21)9-17(20,11-19)8-12-4-6-13(18)7-5-12/h4-7,14,21H,8-11,19H2,1-3H3/t14-,17-/m0/s1. The number of ether oxygens (including phenoxy) is 1. The summed E-state index contributed by atoms with van der Waals surface area (Å²) in [6.07, 6.45) is 0.0458. The van der Waals surface area contributed by atoms with E-state index in [2.05, 4.69) is 15.9 Å². The van der Waals surface area contributed by atoms with Crippen molar-refractivity contribution in [3.8, 4) is 0 Å². The summed E-state index contributed by atoms with van der Waals surface area (Å²) in [4.78, 5) is 14.2. The van der Waals surface area contributed by atoms with Gasteiger partial charge in [0.2, 0.25) is 0 Å². The van der Waals surface area contributed by atoms with Crippen LogP contribution in [0.5, 0.6) is 0 Å². The van der Waals surface area contributed by atoms with Gasteiger partial charge < -0.3 is 15.6 Å². The van der Waals surface area contributed by atoms with Crippen LogP contribution >= 0.6 is 15.9 Å². The molecule has 1 heterocycles. The third-order valence-corrected chi connectivity index (χ3v) is 4.55. The summed E-state index contributed by atoms with van der Waals surface area (Å²) >= 11 is 3.42. The summed E-state index contributed by atoms with van der Waals surface area (Å²) in [5.74, 6) is 0. The smallest absolute Gasteiger partial charge is 0.410 e. The Morgan fingerprint density at radius 2 is 2.04 bits per heavy atom. The molecule has 128 valence electrons. The highest BCUT2D eigenvalue weighted by molar-refractivity contribution is 9.10. The Labute approximate surface area is 145 Å². The van der Waals surface area contributed by atoms with E-state index in [0.29, 0.717) is 12.8 Å². The molecule has 2 rings (SSSR count). The van der Waals surface area contributed by atoms with Crippen LogP contribution in [0.15, 0.2) is 28.7 Å². The van der Waals surface area contributed by atoms with Gasteiger partial charge in [0.1, 0.15) is 5.60 Å². The molecule has 23 heavy (non-hydrogen) atoms. The minimum absolute atomic E-state index is 0.253. The molecule has 1 aromatic carbocycles. The zero-order chi connectivity index (χ0) is 17.3. The first-order chi connectivity index (χ1) is 10.6. The van der Waals surface area contributed by atoms with Gasteiger partial charge in [-0.15, -0.1) is 0 Å². The van der Waals surface area contributed by atoms with Crippen molar-refractivity contribution in [2.45, 2.75) is 50.9 Å². The minimum atomic E-state index is -0.615. The number of aliphatic hydroxyl groups is 1. The number of nitrogens with zero attached hydrogens (tertiary/aromatic N) is 1. The van der Waals surface area contributed by atoms with Crippen molar-refractivity contribution < 1.29 is 14.6 Å². The van der Waals surface area contributed by atoms with Crippen LogP contribution < -0.4 is 5.73 Å². The van der Waals surface area contributed by atoms with Crippen molar-refractivity contribution in [1.29, 1.82) is 0 Å². The van der Waals surface area contributed by atoms with E-state index in [1.165, 1.54) is 0 Å². The Morgan fingerprint density at radius 1 is 1.43 bits per heavy atom. The van der Waals surface area contributed by atoms with Gasteiger partial charge >= 0.3 is 6.09 Å². The lowest BCUT2D eigenvalue weighted by atomic mass is 9.88. The van der Waals surface area contributed by atoms with Crippen molar-refractivity contribution in [2.24, 2.45) is 5.73 Å². The topological polar surface area (TPSA) is 75.8 Å². The second kappa shape index (κ2) is 6.79. The molecular formula is C17H25BrN2O3. The molecule has 1 aliphatic heterocycles. The number of likely N-dealkylation sites (tertiary alicyclic amines) is 1. The lowest BCUT2D eigenvalue weighted by molar-refractivity contribution is 0.00833. The summed E-state index contributed by atoms with van der Waals surface area (Å²) in [5, 5.41) is 10.1. The maximum atomic E-state index is 12.6. The van der Waals surface area contributed by atoms with Crippen LogP contribution in [-0.4, -0.2) is 46.4 Å². The number of aliphatic hydroxyl groups excluding tert-OH is 1. The lowest BCUT2D eigenvalue weighted by Gasteiger charge is -2.38. The van der Waals surface area contributed by atoms with Crippen molar-refractivity contribution in [3.63, 3.8) is 0 Å². The number of halogens is 1. The molecule has 0 radical (unpaired) electrons. The summed E-state index contributed by atoms with van der Waals surface area (Å²) in [7, 11) is 0. The number of hydrogen-bond donors (Lipinski definition) is 2. The minimum Gasteiger partial charge on any atom is -0.444 e. The first-order valence-corrected chi connectivity index (χ1v) is 8.58. The number of nitrogens with two attached hydrogens (primary N) is 1. The van der Waals surface area contributed by atoms with Crippen molar-refractivity contribution in [2.75, 3.05) is 13.1 Å². The molecule has 1 aliphatic rings. The van der Waals surface area contributed by atoms with Crippen LogP contribution in [0.1, 0.15) is 32.8 Å².